The van der Waals surface area contributed by atoms with Gasteiger partial charge in [-0.3, -0.25) is 9.78 Å². The van der Waals surface area contributed by atoms with Gasteiger partial charge in [-0.05, 0) is 36.2 Å². The van der Waals surface area contributed by atoms with Crippen LogP contribution in [0.25, 0.3) is 0 Å². The topological polar surface area (TPSA) is 71.3 Å². The fraction of sp³-hybridized carbons (Fsp3) is 0.227. The summed E-state index contributed by atoms with van der Waals surface area (Å²) in [6.45, 7) is 4.59. The molecule has 6 nitrogen and oxygen atoms in total. The fourth-order valence-corrected chi connectivity index (χ4v) is 2.73. The number of nitrogens with one attached hydrogen (secondary N) is 2. The number of aromatic nitrogens is 2. The second-order valence-electron chi connectivity index (χ2n) is 6.35. The molecule has 0 aliphatic heterocycles. The van der Waals surface area contributed by atoms with Crippen LogP contribution in [0.3, 0.4) is 0 Å². The number of rotatable bonds is 7. The van der Waals surface area contributed by atoms with Gasteiger partial charge in [0.25, 0.3) is 5.56 Å². The number of benzene rings is 1. The van der Waals surface area contributed by atoms with Crippen LogP contribution >= 0.6 is 24.0 Å². The van der Waals surface area contributed by atoms with Crippen molar-refractivity contribution in [1.82, 2.24) is 20.2 Å². The molecule has 3 rings (SSSR count). The van der Waals surface area contributed by atoms with Crippen molar-refractivity contribution in [2.75, 3.05) is 6.54 Å². The molecule has 0 aliphatic carbocycles. The molecule has 3 aromatic rings. The van der Waals surface area contributed by atoms with Crippen LogP contribution < -0.4 is 16.2 Å². The molecule has 0 fully saturated rings. The molecule has 2 heterocycles. The Kier molecular flexibility index (Phi) is 9.36. The molecule has 2 aromatic heterocycles. The molecule has 152 valence electrons. The summed E-state index contributed by atoms with van der Waals surface area (Å²) in [5.74, 6) is 0.757. The van der Waals surface area contributed by atoms with Gasteiger partial charge in [-0.25, -0.2) is 4.99 Å². The number of hydrogen-bond acceptors (Lipinski definition) is 3. The van der Waals surface area contributed by atoms with Gasteiger partial charge in [-0.15, -0.1) is 24.0 Å². The van der Waals surface area contributed by atoms with Gasteiger partial charge in [0.05, 0.1) is 25.3 Å². The zero-order valence-electron chi connectivity index (χ0n) is 16.4. The third-order valence-corrected chi connectivity index (χ3v) is 4.20. The molecular formula is C22H26IN5O. The Morgan fingerprint density at radius 2 is 1.76 bits per heavy atom. The van der Waals surface area contributed by atoms with Crippen molar-refractivity contribution in [3.63, 3.8) is 0 Å². The van der Waals surface area contributed by atoms with E-state index in [0.29, 0.717) is 19.6 Å². The van der Waals surface area contributed by atoms with Gasteiger partial charge < -0.3 is 15.2 Å². The van der Waals surface area contributed by atoms with E-state index < -0.39 is 0 Å². The predicted molar refractivity (Wildman–Crippen MR) is 128 cm³/mol. The SMILES string of the molecule is CCNC(=NCc1ccc(Cn2ccccc2=O)cc1)NCc1ccccn1.I. The lowest BCUT2D eigenvalue weighted by atomic mass is 10.1. The molecule has 0 spiro atoms. The van der Waals surface area contributed by atoms with Crippen molar-refractivity contribution < 1.29 is 0 Å². The molecule has 29 heavy (non-hydrogen) atoms. The second-order valence-corrected chi connectivity index (χ2v) is 6.35. The predicted octanol–water partition coefficient (Wildman–Crippen LogP) is 3.16. The second kappa shape index (κ2) is 12.0. The van der Waals surface area contributed by atoms with Crippen LogP contribution in [0.4, 0.5) is 0 Å². The average molecular weight is 503 g/mol. The van der Waals surface area contributed by atoms with Crippen molar-refractivity contribution >= 4 is 29.9 Å². The van der Waals surface area contributed by atoms with Gasteiger partial charge in [0.2, 0.25) is 0 Å². The Bertz CT molecular complexity index is 955. The van der Waals surface area contributed by atoms with E-state index in [0.717, 1.165) is 29.3 Å². The molecule has 0 saturated heterocycles. The van der Waals surface area contributed by atoms with E-state index in [1.165, 1.54) is 0 Å². The first-order chi connectivity index (χ1) is 13.7. The summed E-state index contributed by atoms with van der Waals surface area (Å²) in [5.41, 5.74) is 3.17. The highest BCUT2D eigenvalue weighted by molar-refractivity contribution is 14.0. The van der Waals surface area contributed by atoms with Gasteiger partial charge >= 0.3 is 0 Å². The quantitative estimate of drug-likeness (QED) is 0.295. The number of nitrogens with zero attached hydrogens (tertiary/aromatic N) is 3. The summed E-state index contributed by atoms with van der Waals surface area (Å²) in [6, 6.07) is 19.2. The van der Waals surface area contributed by atoms with Crippen LogP contribution in [0.1, 0.15) is 23.7 Å². The highest BCUT2D eigenvalue weighted by atomic mass is 127. The van der Waals surface area contributed by atoms with Crippen LogP contribution in [0.15, 0.2) is 82.8 Å². The van der Waals surface area contributed by atoms with Crippen LogP contribution in [-0.4, -0.2) is 22.1 Å². The molecule has 0 amide bonds. The number of aliphatic imine (C=N–C) groups is 1. The number of pyridine rings is 2. The van der Waals surface area contributed by atoms with Crippen molar-refractivity contribution in [3.8, 4) is 0 Å². The van der Waals surface area contributed by atoms with E-state index in [2.05, 4.69) is 32.7 Å². The standard InChI is InChI=1S/C22H25N5O.HI/c1-2-23-22(26-16-20-7-3-5-13-24-20)25-15-18-9-11-19(12-10-18)17-27-14-6-4-8-21(27)28;/h3-14H,2,15-17H2,1H3,(H2,23,25,26);1H. The minimum atomic E-state index is 0. The van der Waals surface area contributed by atoms with Crippen molar-refractivity contribution in [1.29, 1.82) is 0 Å². The zero-order valence-corrected chi connectivity index (χ0v) is 18.7. The third kappa shape index (κ3) is 7.34. The Balaban J connectivity index is 0.00000300. The molecule has 0 unspecified atom stereocenters. The van der Waals surface area contributed by atoms with Crippen molar-refractivity contribution in [2.24, 2.45) is 4.99 Å². The van der Waals surface area contributed by atoms with Gasteiger partial charge in [-0.1, -0.05) is 36.4 Å². The van der Waals surface area contributed by atoms with Crippen LogP contribution in [0.2, 0.25) is 0 Å². The van der Waals surface area contributed by atoms with E-state index >= 15 is 0 Å². The molecule has 0 atom stereocenters. The fourth-order valence-electron chi connectivity index (χ4n) is 2.73. The first-order valence-electron chi connectivity index (χ1n) is 9.40. The molecule has 7 heteroatoms. The minimum Gasteiger partial charge on any atom is -0.357 e. The maximum Gasteiger partial charge on any atom is 0.250 e. The minimum absolute atomic E-state index is 0. The number of guanidine groups is 1. The first-order valence-corrected chi connectivity index (χ1v) is 9.40. The van der Waals surface area contributed by atoms with Crippen LogP contribution in [0, 0.1) is 0 Å². The van der Waals surface area contributed by atoms with Crippen molar-refractivity contribution in [3.05, 3.63) is 100 Å². The monoisotopic (exact) mass is 503 g/mol. The molecule has 0 radical (unpaired) electrons. The first kappa shape index (κ1) is 22.6. The Morgan fingerprint density at radius 3 is 2.45 bits per heavy atom. The summed E-state index contributed by atoms with van der Waals surface area (Å²) in [5, 5.41) is 6.54. The van der Waals surface area contributed by atoms with E-state index in [-0.39, 0.29) is 29.5 Å². The maximum absolute atomic E-state index is 11.8. The summed E-state index contributed by atoms with van der Waals surface area (Å²) in [7, 11) is 0. The zero-order chi connectivity index (χ0) is 19.6. The van der Waals surface area contributed by atoms with Gasteiger partial charge in [0, 0.05) is 25.0 Å². The van der Waals surface area contributed by atoms with Crippen molar-refractivity contribution in [2.45, 2.75) is 26.6 Å². The number of halogens is 1. The van der Waals surface area contributed by atoms with Crippen LogP contribution in [0.5, 0.6) is 0 Å². The van der Waals surface area contributed by atoms with Gasteiger partial charge in [0.1, 0.15) is 0 Å². The van der Waals surface area contributed by atoms with E-state index in [1.54, 1.807) is 29.1 Å². The molecule has 0 aliphatic rings. The summed E-state index contributed by atoms with van der Waals surface area (Å²) in [4.78, 5) is 20.8. The maximum atomic E-state index is 11.8. The Hall–Kier alpha value is -2.68. The van der Waals surface area contributed by atoms with E-state index in [1.807, 2.05) is 43.3 Å². The molecular weight excluding hydrogens is 477 g/mol. The molecule has 0 bridgehead atoms. The largest absolute Gasteiger partial charge is 0.357 e. The molecule has 2 N–H and O–H groups in total. The lowest BCUT2D eigenvalue weighted by Gasteiger charge is -2.11. The van der Waals surface area contributed by atoms with Gasteiger partial charge in [-0.2, -0.15) is 0 Å². The smallest absolute Gasteiger partial charge is 0.250 e. The summed E-state index contributed by atoms with van der Waals surface area (Å²) in [6.07, 6.45) is 3.59. The summed E-state index contributed by atoms with van der Waals surface area (Å²) >= 11 is 0. The number of hydrogen-bond donors (Lipinski definition) is 2. The Labute approximate surface area is 188 Å². The third-order valence-electron chi connectivity index (χ3n) is 4.20. The lowest BCUT2D eigenvalue weighted by molar-refractivity contribution is 0.759. The van der Waals surface area contributed by atoms with E-state index in [9.17, 15) is 4.79 Å². The lowest BCUT2D eigenvalue weighted by Crippen LogP contribution is -2.36. The molecule has 1 aromatic carbocycles. The Morgan fingerprint density at radius 1 is 1.00 bits per heavy atom. The average Bonchev–Trinajstić information content (AvgIpc) is 2.73. The van der Waals surface area contributed by atoms with Gasteiger partial charge in [0.15, 0.2) is 5.96 Å². The van der Waals surface area contributed by atoms with E-state index in [4.69, 9.17) is 0 Å². The van der Waals surface area contributed by atoms with Crippen LogP contribution in [-0.2, 0) is 19.6 Å². The highest BCUT2D eigenvalue weighted by Gasteiger charge is 2.01. The highest BCUT2D eigenvalue weighted by Crippen LogP contribution is 2.07. The normalized spacial score (nSPS) is 10.9. The molecule has 0 saturated carbocycles. The summed E-state index contributed by atoms with van der Waals surface area (Å²) < 4.78 is 1.69.